The SMILES string of the molecule is COc1cccc(CCC(N2NC(=O)CC2(C)C)C(F)(F)F)c1. The number of carbonyl (C=O) groups excluding carboxylic acids is 1. The molecule has 4 nitrogen and oxygen atoms in total. The van der Waals surface area contributed by atoms with E-state index < -0.39 is 17.8 Å². The quantitative estimate of drug-likeness (QED) is 0.902. The highest BCUT2D eigenvalue weighted by Crippen LogP contribution is 2.35. The topological polar surface area (TPSA) is 41.6 Å². The van der Waals surface area contributed by atoms with Gasteiger partial charge in [0.1, 0.15) is 11.8 Å². The van der Waals surface area contributed by atoms with Crippen molar-refractivity contribution in [2.24, 2.45) is 0 Å². The first-order chi connectivity index (χ1) is 10.6. The van der Waals surface area contributed by atoms with Gasteiger partial charge in [-0.15, -0.1) is 0 Å². The second-order valence-corrected chi connectivity index (χ2v) is 6.34. The third-order valence-electron chi connectivity index (χ3n) is 4.02. The Morgan fingerprint density at radius 3 is 2.61 bits per heavy atom. The van der Waals surface area contributed by atoms with Gasteiger partial charge in [0.2, 0.25) is 5.91 Å². The first-order valence-corrected chi connectivity index (χ1v) is 7.42. The van der Waals surface area contributed by atoms with Gasteiger partial charge < -0.3 is 4.74 Å². The number of carbonyl (C=O) groups is 1. The van der Waals surface area contributed by atoms with Crippen LogP contribution in [0, 0.1) is 0 Å². The molecular weight excluding hydrogens is 309 g/mol. The number of hydrazine groups is 1. The van der Waals surface area contributed by atoms with Gasteiger partial charge in [0.25, 0.3) is 0 Å². The van der Waals surface area contributed by atoms with E-state index >= 15 is 0 Å². The zero-order valence-electron chi connectivity index (χ0n) is 13.4. The van der Waals surface area contributed by atoms with Crippen LogP contribution in [0.4, 0.5) is 13.2 Å². The maximum atomic E-state index is 13.5. The molecule has 1 N–H and O–H groups in total. The number of benzene rings is 1. The van der Waals surface area contributed by atoms with Crippen molar-refractivity contribution in [2.45, 2.75) is 50.9 Å². The predicted molar refractivity (Wildman–Crippen MR) is 79.8 cm³/mol. The van der Waals surface area contributed by atoms with Crippen LogP contribution in [0.5, 0.6) is 5.75 Å². The molecule has 1 aliphatic heterocycles. The number of halogens is 3. The first-order valence-electron chi connectivity index (χ1n) is 7.42. The van der Waals surface area contributed by atoms with E-state index in [9.17, 15) is 18.0 Å². The monoisotopic (exact) mass is 330 g/mol. The van der Waals surface area contributed by atoms with Gasteiger partial charge in [-0.25, -0.2) is 5.01 Å². The van der Waals surface area contributed by atoms with Crippen LogP contribution in [-0.2, 0) is 11.2 Å². The number of aryl methyl sites for hydroxylation is 1. The van der Waals surface area contributed by atoms with Crippen molar-refractivity contribution in [3.63, 3.8) is 0 Å². The molecule has 1 saturated heterocycles. The standard InChI is InChI=1S/C16H21F3N2O2/c1-15(2)10-14(22)20-21(15)13(16(17,18)19)8-7-11-5-4-6-12(9-11)23-3/h4-6,9,13H,7-8,10H2,1-3H3,(H,20,22). The van der Waals surface area contributed by atoms with Crippen molar-refractivity contribution >= 4 is 5.91 Å². The summed E-state index contributed by atoms with van der Waals surface area (Å²) in [6.07, 6.45) is -4.27. The van der Waals surface area contributed by atoms with Crippen LogP contribution in [0.15, 0.2) is 24.3 Å². The van der Waals surface area contributed by atoms with E-state index in [0.717, 1.165) is 10.6 Å². The van der Waals surface area contributed by atoms with Gasteiger partial charge in [-0.1, -0.05) is 12.1 Å². The number of hydrogen-bond acceptors (Lipinski definition) is 3. The van der Waals surface area contributed by atoms with Crippen molar-refractivity contribution < 1.29 is 22.7 Å². The van der Waals surface area contributed by atoms with Gasteiger partial charge in [0.05, 0.1) is 7.11 Å². The Hall–Kier alpha value is -1.76. The molecule has 1 heterocycles. The molecule has 1 aromatic rings. The second kappa shape index (κ2) is 6.39. The molecule has 2 rings (SSSR count). The molecule has 1 fully saturated rings. The Balaban J connectivity index is 2.15. The third kappa shape index (κ3) is 4.16. The highest BCUT2D eigenvalue weighted by atomic mass is 19.4. The number of alkyl halides is 3. The minimum atomic E-state index is -4.42. The number of rotatable bonds is 5. The Labute approximate surface area is 133 Å². The molecule has 0 aliphatic carbocycles. The van der Waals surface area contributed by atoms with Crippen LogP contribution >= 0.6 is 0 Å². The average Bonchev–Trinajstić information content (AvgIpc) is 2.71. The maximum absolute atomic E-state index is 13.5. The van der Waals surface area contributed by atoms with E-state index in [1.54, 1.807) is 38.1 Å². The Kier molecular flexibility index (Phi) is 4.89. The lowest BCUT2D eigenvalue weighted by Crippen LogP contribution is -2.56. The van der Waals surface area contributed by atoms with Crippen LogP contribution in [0.3, 0.4) is 0 Å². The van der Waals surface area contributed by atoms with Crippen LogP contribution in [0.1, 0.15) is 32.3 Å². The van der Waals surface area contributed by atoms with Gasteiger partial charge >= 0.3 is 6.18 Å². The zero-order valence-corrected chi connectivity index (χ0v) is 13.4. The fraction of sp³-hybridized carbons (Fsp3) is 0.562. The second-order valence-electron chi connectivity index (χ2n) is 6.34. The number of nitrogens with one attached hydrogen (secondary N) is 1. The molecule has 7 heteroatoms. The van der Waals surface area contributed by atoms with Crippen LogP contribution in [-0.4, -0.2) is 35.8 Å². The minimum absolute atomic E-state index is 0.0543. The highest BCUT2D eigenvalue weighted by Gasteiger charge is 2.51. The molecule has 1 unspecified atom stereocenters. The number of ether oxygens (including phenoxy) is 1. The summed E-state index contributed by atoms with van der Waals surface area (Å²) in [6, 6.07) is 5.26. The molecule has 0 saturated carbocycles. The summed E-state index contributed by atoms with van der Waals surface area (Å²) in [7, 11) is 1.51. The normalized spacial score (nSPS) is 19.5. The Morgan fingerprint density at radius 2 is 2.09 bits per heavy atom. The lowest BCUT2D eigenvalue weighted by Gasteiger charge is -2.37. The molecule has 0 bridgehead atoms. The molecular formula is C16H21F3N2O2. The summed E-state index contributed by atoms with van der Waals surface area (Å²) in [5.74, 6) is 0.228. The van der Waals surface area contributed by atoms with Gasteiger partial charge in [-0.05, 0) is 44.4 Å². The lowest BCUT2D eigenvalue weighted by molar-refractivity contribution is -0.202. The van der Waals surface area contributed by atoms with E-state index in [1.165, 1.54) is 7.11 Å². The molecule has 23 heavy (non-hydrogen) atoms. The van der Waals surface area contributed by atoms with Crippen molar-refractivity contribution in [2.75, 3.05) is 7.11 Å². The van der Waals surface area contributed by atoms with Gasteiger partial charge in [-0.2, -0.15) is 13.2 Å². The average molecular weight is 330 g/mol. The Morgan fingerprint density at radius 1 is 1.39 bits per heavy atom. The van der Waals surface area contributed by atoms with Crippen molar-refractivity contribution in [1.29, 1.82) is 0 Å². The van der Waals surface area contributed by atoms with Gasteiger partial charge in [0.15, 0.2) is 0 Å². The summed E-state index contributed by atoms with van der Waals surface area (Å²) >= 11 is 0. The molecule has 128 valence electrons. The third-order valence-corrected chi connectivity index (χ3v) is 4.02. The molecule has 0 spiro atoms. The highest BCUT2D eigenvalue weighted by molar-refractivity contribution is 5.78. The van der Waals surface area contributed by atoms with E-state index in [-0.39, 0.29) is 25.2 Å². The molecule has 0 radical (unpaired) electrons. The number of methoxy groups -OCH3 is 1. The van der Waals surface area contributed by atoms with E-state index in [4.69, 9.17) is 4.74 Å². The van der Waals surface area contributed by atoms with E-state index in [0.29, 0.717) is 5.75 Å². The van der Waals surface area contributed by atoms with Crippen molar-refractivity contribution in [3.05, 3.63) is 29.8 Å². The number of hydrogen-bond donors (Lipinski definition) is 1. The minimum Gasteiger partial charge on any atom is -0.497 e. The van der Waals surface area contributed by atoms with E-state index in [2.05, 4.69) is 5.43 Å². The fourth-order valence-electron chi connectivity index (χ4n) is 2.87. The van der Waals surface area contributed by atoms with Gasteiger partial charge in [-0.3, -0.25) is 10.2 Å². The van der Waals surface area contributed by atoms with Crippen molar-refractivity contribution in [3.8, 4) is 5.75 Å². The molecule has 1 aliphatic rings. The smallest absolute Gasteiger partial charge is 0.405 e. The molecule has 0 aromatic heterocycles. The molecule has 1 amide bonds. The number of nitrogens with zero attached hydrogens (tertiary/aromatic N) is 1. The summed E-state index contributed by atoms with van der Waals surface area (Å²) in [4.78, 5) is 11.5. The molecule has 1 atom stereocenters. The zero-order chi connectivity index (χ0) is 17.3. The largest absolute Gasteiger partial charge is 0.497 e. The summed E-state index contributed by atoms with van der Waals surface area (Å²) in [5, 5.41) is 1.05. The number of amides is 1. The maximum Gasteiger partial charge on any atom is 0.405 e. The first kappa shape index (κ1) is 17.6. The van der Waals surface area contributed by atoms with Gasteiger partial charge in [0, 0.05) is 12.0 Å². The summed E-state index contributed by atoms with van der Waals surface area (Å²) in [6.45, 7) is 3.27. The summed E-state index contributed by atoms with van der Waals surface area (Å²) < 4.78 is 45.5. The fourth-order valence-corrected chi connectivity index (χ4v) is 2.87. The summed E-state index contributed by atoms with van der Waals surface area (Å²) in [5.41, 5.74) is 2.26. The van der Waals surface area contributed by atoms with Crippen LogP contribution in [0.25, 0.3) is 0 Å². The van der Waals surface area contributed by atoms with E-state index in [1.807, 2.05) is 0 Å². The Bertz CT molecular complexity index is 573. The lowest BCUT2D eigenvalue weighted by atomic mass is 9.97. The van der Waals surface area contributed by atoms with Crippen LogP contribution < -0.4 is 10.2 Å². The molecule has 1 aromatic carbocycles. The van der Waals surface area contributed by atoms with Crippen LogP contribution in [0.2, 0.25) is 0 Å². The van der Waals surface area contributed by atoms with Crippen molar-refractivity contribution in [1.82, 2.24) is 10.4 Å². The predicted octanol–water partition coefficient (Wildman–Crippen LogP) is 3.07.